The second-order valence-electron chi connectivity index (χ2n) is 9.62. The van der Waals surface area contributed by atoms with Crippen LogP contribution in [0.4, 0.5) is 5.69 Å². The van der Waals surface area contributed by atoms with Crippen LogP contribution in [-0.4, -0.2) is 42.2 Å². The van der Waals surface area contributed by atoms with Gasteiger partial charge in [-0.2, -0.15) is 5.10 Å². The summed E-state index contributed by atoms with van der Waals surface area (Å²) in [6.45, 7) is 4.43. The second kappa shape index (κ2) is 12.1. The standard InChI is InChI=1S/C29H37N3O4/c1-4-21-16-24(19-33)32(18-20-9-8-10-23(15-20)30-28(34)5-2)31-29(21)22-13-14-26(35-3)27(17-22)36-25-11-6-7-12-25/h8-10,13-15,17,19,21,24-25H,4-7,11-12,16,18H2,1-3H3,(H,30,34). The third kappa shape index (κ3) is 6.07. The molecule has 1 fully saturated rings. The van der Waals surface area contributed by atoms with E-state index in [1.807, 2.05) is 54.4 Å². The Kier molecular flexibility index (Phi) is 8.62. The topological polar surface area (TPSA) is 80.2 Å². The van der Waals surface area contributed by atoms with Gasteiger partial charge >= 0.3 is 0 Å². The monoisotopic (exact) mass is 491 g/mol. The second-order valence-corrected chi connectivity index (χ2v) is 9.62. The van der Waals surface area contributed by atoms with Crippen LogP contribution in [0.2, 0.25) is 0 Å². The molecular weight excluding hydrogens is 454 g/mol. The maximum absolute atomic E-state index is 12.0. The molecule has 7 heteroatoms. The van der Waals surface area contributed by atoms with Gasteiger partial charge in [0.25, 0.3) is 0 Å². The lowest BCUT2D eigenvalue weighted by Crippen LogP contribution is -2.41. The molecule has 1 aliphatic carbocycles. The van der Waals surface area contributed by atoms with Crippen LogP contribution < -0.4 is 14.8 Å². The molecule has 0 aromatic heterocycles. The Balaban J connectivity index is 1.63. The van der Waals surface area contributed by atoms with Crippen LogP contribution in [0.3, 0.4) is 0 Å². The van der Waals surface area contributed by atoms with Gasteiger partial charge in [0.1, 0.15) is 12.3 Å². The molecule has 2 aromatic rings. The Hall–Kier alpha value is -3.35. The van der Waals surface area contributed by atoms with Gasteiger partial charge in [0.15, 0.2) is 11.5 Å². The number of hydrogen-bond acceptors (Lipinski definition) is 6. The van der Waals surface area contributed by atoms with Crippen molar-refractivity contribution in [2.24, 2.45) is 11.0 Å². The first kappa shape index (κ1) is 25.7. The molecule has 0 spiro atoms. The molecule has 7 nitrogen and oxygen atoms in total. The van der Waals surface area contributed by atoms with Crippen LogP contribution in [0, 0.1) is 5.92 Å². The minimum Gasteiger partial charge on any atom is -0.493 e. The number of anilines is 1. The molecular formula is C29H37N3O4. The maximum Gasteiger partial charge on any atom is 0.224 e. The van der Waals surface area contributed by atoms with Crippen molar-refractivity contribution in [3.8, 4) is 11.5 Å². The number of carbonyl (C=O) groups is 2. The molecule has 4 rings (SSSR count). The van der Waals surface area contributed by atoms with E-state index in [9.17, 15) is 9.59 Å². The van der Waals surface area contributed by atoms with Gasteiger partial charge in [-0.1, -0.05) is 26.0 Å². The lowest BCUT2D eigenvalue weighted by molar-refractivity contribution is -0.116. The fraction of sp³-hybridized carbons (Fsp3) is 0.483. The van der Waals surface area contributed by atoms with Gasteiger partial charge in [-0.05, 0) is 74.4 Å². The number of hydrogen-bond donors (Lipinski definition) is 1. The highest BCUT2D eigenvalue weighted by atomic mass is 16.5. The van der Waals surface area contributed by atoms with Crippen LogP contribution in [0.25, 0.3) is 0 Å². The molecule has 0 saturated heterocycles. The van der Waals surface area contributed by atoms with Gasteiger partial charge in [0, 0.05) is 23.6 Å². The number of nitrogens with one attached hydrogen (secondary N) is 1. The number of nitrogens with zero attached hydrogens (tertiary/aromatic N) is 2. The van der Waals surface area contributed by atoms with Crippen LogP contribution in [0.5, 0.6) is 11.5 Å². The Morgan fingerprint density at radius 1 is 1.14 bits per heavy atom. The van der Waals surface area contributed by atoms with Gasteiger partial charge in [0.2, 0.25) is 5.91 Å². The van der Waals surface area contributed by atoms with Crippen molar-refractivity contribution < 1.29 is 19.1 Å². The van der Waals surface area contributed by atoms with Crippen molar-refractivity contribution in [2.75, 3.05) is 12.4 Å². The van der Waals surface area contributed by atoms with Crippen molar-refractivity contribution in [3.05, 3.63) is 53.6 Å². The first-order valence-electron chi connectivity index (χ1n) is 13.1. The minimum absolute atomic E-state index is 0.0304. The van der Waals surface area contributed by atoms with Gasteiger partial charge in [-0.15, -0.1) is 0 Å². The van der Waals surface area contributed by atoms with Crippen molar-refractivity contribution in [1.29, 1.82) is 0 Å². The Morgan fingerprint density at radius 2 is 1.94 bits per heavy atom. The largest absolute Gasteiger partial charge is 0.493 e. The average Bonchev–Trinajstić information content (AvgIpc) is 3.41. The van der Waals surface area contributed by atoms with E-state index in [-0.39, 0.29) is 24.0 Å². The van der Waals surface area contributed by atoms with Gasteiger partial charge in [-0.3, -0.25) is 9.80 Å². The number of carbonyl (C=O) groups excluding carboxylic acids is 2. The number of benzene rings is 2. The summed E-state index contributed by atoms with van der Waals surface area (Å²) in [5.41, 5.74) is 3.69. The highest BCUT2D eigenvalue weighted by molar-refractivity contribution is 6.03. The number of aldehydes is 1. The fourth-order valence-corrected chi connectivity index (χ4v) is 5.05. The minimum atomic E-state index is -0.306. The SMILES string of the molecule is CCC(=O)Nc1cccc(CN2N=C(c3ccc(OC)c(OC4CCCC4)c3)C(CC)CC2C=O)c1. The quantitative estimate of drug-likeness (QED) is 0.440. The van der Waals surface area contributed by atoms with E-state index in [1.54, 1.807) is 7.11 Å². The number of rotatable bonds is 10. The summed E-state index contributed by atoms with van der Waals surface area (Å²) in [4.78, 5) is 23.9. The average molecular weight is 492 g/mol. The molecule has 2 aromatic carbocycles. The molecule has 36 heavy (non-hydrogen) atoms. The lowest BCUT2D eigenvalue weighted by Gasteiger charge is -2.35. The highest BCUT2D eigenvalue weighted by Gasteiger charge is 2.31. The molecule has 2 atom stereocenters. The van der Waals surface area contributed by atoms with E-state index < -0.39 is 0 Å². The smallest absolute Gasteiger partial charge is 0.224 e. The van der Waals surface area contributed by atoms with Crippen molar-refractivity contribution in [1.82, 2.24) is 5.01 Å². The maximum atomic E-state index is 12.0. The molecule has 0 radical (unpaired) electrons. The van der Waals surface area contributed by atoms with Gasteiger partial charge in [-0.25, -0.2) is 0 Å². The van der Waals surface area contributed by atoms with Crippen molar-refractivity contribution in [3.63, 3.8) is 0 Å². The van der Waals surface area contributed by atoms with E-state index >= 15 is 0 Å². The summed E-state index contributed by atoms with van der Waals surface area (Å²) in [5, 5.41) is 9.80. The summed E-state index contributed by atoms with van der Waals surface area (Å²) in [6.07, 6.45) is 7.76. The molecule has 1 heterocycles. The third-order valence-corrected chi connectivity index (χ3v) is 7.11. The molecule has 1 amide bonds. The molecule has 192 valence electrons. The lowest BCUT2D eigenvalue weighted by atomic mass is 9.87. The van der Waals surface area contributed by atoms with E-state index in [1.165, 1.54) is 12.8 Å². The van der Waals surface area contributed by atoms with Crippen molar-refractivity contribution in [2.45, 2.75) is 77.5 Å². The summed E-state index contributed by atoms with van der Waals surface area (Å²) in [6, 6.07) is 13.4. The first-order valence-corrected chi connectivity index (χ1v) is 13.1. The summed E-state index contributed by atoms with van der Waals surface area (Å²) < 4.78 is 11.9. The zero-order valence-electron chi connectivity index (χ0n) is 21.5. The summed E-state index contributed by atoms with van der Waals surface area (Å²) in [7, 11) is 1.66. The molecule has 1 saturated carbocycles. The predicted molar refractivity (Wildman–Crippen MR) is 142 cm³/mol. The van der Waals surface area contributed by atoms with Crippen LogP contribution in [0.1, 0.15) is 69.9 Å². The van der Waals surface area contributed by atoms with E-state index in [2.05, 4.69) is 12.2 Å². The molecule has 0 bridgehead atoms. The van der Waals surface area contributed by atoms with Crippen LogP contribution >= 0.6 is 0 Å². The van der Waals surface area contributed by atoms with Crippen LogP contribution in [-0.2, 0) is 16.1 Å². The molecule has 1 N–H and O–H groups in total. The van der Waals surface area contributed by atoms with E-state index in [4.69, 9.17) is 14.6 Å². The zero-order valence-corrected chi connectivity index (χ0v) is 21.5. The molecule has 2 unspecified atom stereocenters. The van der Waals surface area contributed by atoms with Gasteiger partial charge < -0.3 is 19.6 Å². The summed E-state index contributed by atoms with van der Waals surface area (Å²) in [5.74, 6) is 1.61. The Bertz CT molecular complexity index is 1090. The number of amides is 1. The first-order chi connectivity index (χ1) is 17.5. The van der Waals surface area contributed by atoms with E-state index in [0.717, 1.165) is 59.6 Å². The summed E-state index contributed by atoms with van der Waals surface area (Å²) >= 11 is 0. The number of methoxy groups -OCH3 is 1. The molecule has 2 aliphatic rings. The normalized spacial score (nSPS) is 20.1. The predicted octanol–water partition coefficient (Wildman–Crippen LogP) is 5.57. The van der Waals surface area contributed by atoms with Crippen LogP contribution in [0.15, 0.2) is 47.6 Å². The van der Waals surface area contributed by atoms with Crippen molar-refractivity contribution >= 4 is 23.6 Å². The zero-order chi connectivity index (χ0) is 25.5. The highest BCUT2D eigenvalue weighted by Crippen LogP contribution is 2.35. The number of hydrazone groups is 1. The number of ether oxygens (including phenoxy) is 2. The Labute approximate surface area is 213 Å². The fourth-order valence-electron chi connectivity index (χ4n) is 5.05. The third-order valence-electron chi connectivity index (χ3n) is 7.11. The van der Waals surface area contributed by atoms with Gasteiger partial charge in [0.05, 0.1) is 25.5 Å². The van der Waals surface area contributed by atoms with E-state index in [0.29, 0.717) is 19.4 Å². The Morgan fingerprint density at radius 3 is 2.64 bits per heavy atom. The molecule has 1 aliphatic heterocycles.